The first-order valence-electron chi connectivity index (χ1n) is 9.77. The van der Waals surface area contributed by atoms with E-state index in [0.29, 0.717) is 19.6 Å². The van der Waals surface area contributed by atoms with Crippen LogP contribution < -0.4 is 14.8 Å². The molecule has 1 amide bonds. The van der Waals surface area contributed by atoms with Crippen LogP contribution in [0.15, 0.2) is 41.3 Å². The SMILES string of the molecule is COc1cc(S(=O)(=O)N2CCOCC2)cc(C(=O)NCCc2cccc(O)c2)c1OC. The maximum Gasteiger partial charge on any atom is 0.255 e. The van der Waals surface area contributed by atoms with Gasteiger partial charge in [-0.15, -0.1) is 0 Å². The van der Waals surface area contributed by atoms with Crippen molar-refractivity contribution in [2.75, 3.05) is 47.1 Å². The summed E-state index contributed by atoms with van der Waals surface area (Å²) in [5, 5.41) is 12.3. The van der Waals surface area contributed by atoms with Crippen molar-refractivity contribution in [1.82, 2.24) is 9.62 Å². The number of carbonyl (C=O) groups excluding carboxylic acids is 1. The molecule has 2 N–H and O–H groups in total. The normalized spacial score (nSPS) is 14.8. The third-order valence-corrected chi connectivity index (χ3v) is 6.79. The fraction of sp³-hybridized carbons (Fsp3) is 0.381. The highest BCUT2D eigenvalue weighted by Crippen LogP contribution is 2.35. The summed E-state index contributed by atoms with van der Waals surface area (Å²) in [6.07, 6.45) is 0.491. The number of amides is 1. The number of phenolic OH excluding ortho intramolecular Hbond substituents is 1. The summed E-state index contributed by atoms with van der Waals surface area (Å²) in [5.41, 5.74) is 0.915. The Morgan fingerprint density at radius 2 is 1.90 bits per heavy atom. The van der Waals surface area contributed by atoms with Crippen LogP contribution in [0.3, 0.4) is 0 Å². The molecule has 0 radical (unpaired) electrons. The highest BCUT2D eigenvalue weighted by atomic mass is 32.2. The van der Waals surface area contributed by atoms with Gasteiger partial charge in [0.1, 0.15) is 5.75 Å². The smallest absolute Gasteiger partial charge is 0.255 e. The largest absolute Gasteiger partial charge is 0.508 e. The molecule has 1 fully saturated rings. The number of rotatable bonds is 8. The van der Waals surface area contributed by atoms with Crippen LogP contribution in [0.1, 0.15) is 15.9 Å². The lowest BCUT2D eigenvalue weighted by Gasteiger charge is -2.26. The lowest BCUT2D eigenvalue weighted by atomic mass is 10.1. The number of nitrogens with one attached hydrogen (secondary N) is 1. The number of methoxy groups -OCH3 is 2. The van der Waals surface area contributed by atoms with E-state index >= 15 is 0 Å². The van der Waals surface area contributed by atoms with Crippen molar-refractivity contribution in [3.05, 3.63) is 47.5 Å². The van der Waals surface area contributed by atoms with Crippen LogP contribution in [-0.4, -0.2) is 70.8 Å². The fourth-order valence-electron chi connectivity index (χ4n) is 3.32. The molecule has 1 saturated heterocycles. The summed E-state index contributed by atoms with van der Waals surface area (Å²) >= 11 is 0. The molecule has 0 aromatic heterocycles. The molecule has 2 aromatic rings. The second-order valence-corrected chi connectivity index (χ2v) is 8.84. The maximum atomic E-state index is 13.1. The fourth-order valence-corrected chi connectivity index (χ4v) is 4.77. The van der Waals surface area contributed by atoms with Gasteiger partial charge in [0.25, 0.3) is 5.91 Å². The Labute approximate surface area is 181 Å². The van der Waals surface area contributed by atoms with E-state index in [0.717, 1.165) is 5.56 Å². The highest BCUT2D eigenvalue weighted by molar-refractivity contribution is 7.89. The Kier molecular flexibility index (Phi) is 7.37. The first-order valence-corrected chi connectivity index (χ1v) is 11.2. The number of sulfonamides is 1. The molecule has 168 valence electrons. The molecule has 31 heavy (non-hydrogen) atoms. The summed E-state index contributed by atoms with van der Waals surface area (Å²) in [4.78, 5) is 12.8. The Bertz CT molecular complexity index is 1030. The number of benzene rings is 2. The third-order valence-electron chi connectivity index (χ3n) is 4.91. The lowest BCUT2D eigenvalue weighted by molar-refractivity contribution is 0.0730. The van der Waals surface area contributed by atoms with Crippen LogP contribution in [-0.2, 0) is 21.2 Å². The van der Waals surface area contributed by atoms with Crippen LogP contribution in [0.2, 0.25) is 0 Å². The van der Waals surface area contributed by atoms with Gasteiger partial charge < -0.3 is 24.6 Å². The van der Waals surface area contributed by atoms with Crippen molar-refractivity contribution in [2.24, 2.45) is 0 Å². The van der Waals surface area contributed by atoms with Gasteiger partial charge in [-0.2, -0.15) is 4.31 Å². The minimum atomic E-state index is -3.83. The summed E-state index contributed by atoms with van der Waals surface area (Å²) in [6, 6.07) is 9.40. The third kappa shape index (κ3) is 5.27. The zero-order chi connectivity index (χ0) is 22.4. The van der Waals surface area contributed by atoms with Crippen LogP contribution >= 0.6 is 0 Å². The number of hydrogen-bond donors (Lipinski definition) is 2. The second kappa shape index (κ2) is 9.99. The van der Waals surface area contributed by atoms with E-state index in [1.807, 2.05) is 6.07 Å². The van der Waals surface area contributed by atoms with E-state index in [4.69, 9.17) is 14.2 Å². The summed E-state index contributed by atoms with van der Waals surface area (Å²) in [5.74, 6) is -0.0427. The maximum absolute atomic E-state index is 13.1. The van der Waals surface area contributed by atoms with Gasteiger partial charge >= 0.3 is 0 Å². The van der Waals surface area contributed by atoms with Crippen molar-refractivity contribution in [2.45, 2.75) is 11.3 Å². The molecule has 0 spiro atoms. The second-order valence-electron chi connectivity index (χ2n) is 6.90. The van der Waals surface area contributed by atoms with Crippen LogP contribution in [0.5, 0.6) is 17.2 Å². The van der Waals surface area contributed by atoms with Crippen molar-refractivity contribution in [3.8, 4) is 17.2 Å². The minimum Gasteiger partial charge on any atom is -0.508 e. The number of carbonyl (C=O) groups is 1. The van der Waals surface area contributed by atoms with E-state index in [1.54, 1.807) is 18.2 Å². The summed E-state index contributed by atoms with van der Waals surface area (Å²) in [7, 11) is -1.07. The van der Waals surface area contributed by atoms with Crippen molar-refractivity contribution in [3.63, 3.8) is 0 Å². The van der Waals surface area contributed by atoms with Crippen molar-refractivity contribution in [1.29, 1.82) is 0 Å². The van der Waals surface area contributed by atoms with Crippen molar-refractivity contribution >= 4 is 15.9 Å². The molecule has 9 nitrogen and oxygen atoms in total. The van der Waals surface area contributed by atoms with Gasteiger partial charge in [-0.25, -0.2) is 8.42 Å². The number of morpholine rings is 1. The number of ether oxygens (including phenoxy) is 3. The number of phenols is 1. The molecule has 10 heteroatoms. The van der Waals surface area contributed by atoms with Gasteiger partial charge in [0, 0.05) is 25.7 Å². The van der Waals surface area contributed by atoms with Gasteiger partial charge in [0.15, 0.2) is 11.5 Å². The molecule has 0 unspecified atom stereocenters. The summed E-state index contributed by atoms with van der Waals surface area (Å²) < 4.78 is 43.3. The Hall–Kier alpha value is -2.82. The molecule has 3 rings (SSSR count). The van der Waals surface area contributed by atoms with E-state index in [-0.39, 0.29) is 47.3 Å². The quantitative estimate of drug-likeness (QED) is 0.625. The molecule has 0 aliphatic carbocycles. The predicted octanol–water partition coefficient (Wildman–Crippen LogP) is 1.40. The van der Waals surface area contributed by atoms with Gasteiger partial charge in [-0.05, 0) is 30.2 Å². The van der Waals surface area contributed by atoms with E-state index in [2.05, 4.69) is 5.32 Å². The van der Waals surface area contributed by atoms with E-state index in [9.17, 15) is 18.3 Å². The van der Waals surface area contributed by atoms with Gasteiger partial charge in [-0.1, -0.05) is 12.1 Å². The van der Waals surface area contributed by atoms with Crippen molar-refractivity contribution < 1.29 is 32.5 Å². The number of nitrogens with zero attached hydrogens (tertiary/aromatic N) is 1. The lowest BCUT2D eigenvalue weighted by Crippen LogP contribution is -2.40. The van der Waals surface area contributed by atoms with E-state index in [1.165, 1.54) is 30.7 Å². The molecular weight excluding hydrogens is 424 g/mol. The highest BCUT2D eigenvalue weighted by Gasteiger charge is 2.30. The Morgan fingerprint density at radius 1 is 1.16 bits per heavy atom. The molecular formula is C21H26N2O7S. The van der Waals surface area contributed by atoms with Gasteiger partial charge in [0.05, 0.1) is 37.9 Å². The zero-order valence-electron chi connectivity index (χ0n) is 17.5. The predicted molar refractivity (Wildman–Crippen MR) is 113 cm³/mol. The molecule has 1 heterocycles. The molecule has 1 aliphatic heterocycles. The number of hydrogen-bond acceptors (Lipinski definition) is 7. The van der Waals surface area contributed by atoms with Gasteiger partial charge in [0.2, 0.25) is 10.0 Å². The first-order chi connectivity index (χ1) is 14.9. The Balaban J connectivity index is 1.85. The average molecular weight is 451 g/mol. The Morgan fingerprint density at radius 3 is 2.55 bits per heavy atom. The molecule has 0 saturated carbocycles. The van der Waals surface area contributed by atoms with Crippen LogP contribution in [0.25, 0.3) is 0 Å². The van der Waals surface area contributed by atoms with Crippen LogP contribution in [0, 0.1) is 0 Å². The van der Waals surface area contributed by atoms with Crippen LogP contribution in [0.4, 0.5) is 0 Å². The standard InChI is InChI=1S/C21H26N2O7S/c1-28-19-14-17(31(26,27)23-8-10-30-11-9-23)13-18(20(19)29-2)21(25)22-7-6-15-4-3-5-16(24)12-15/h3-5,12-14,24H,6-11H2,1-2H3,(H,22,25). The number of aromatic hydroxyl groups is 1. The van der Waals surface area contributed by atoms with E-state index < -0.39 is 15.9 Å². The zero-order valence-corrected chi connectivity index (χ0v) is 18.3. The minimum absolute atomic E-state index is 0.0508. The summed E-state index contributed by atoms with van der Waals surface area (Å²) in [6.45, 7) is 1.39. The molecule has 0 atom stereocenters. The molecule has 2 aromatic carbocycles. The molecule has 0 bridgehead atoms. The first kappa shape index (κ1) is 22.9. The topological polar surface area (TPSA) is 114 Å². The molecule has 1 aliphatic rings. The monoisotopic (exact) mass is 450 g/mol. The van der Waals surface area contributed by atoms with Gasteiger partial charge in [-0.3, -0.25) is 4.79 Å². The average Bonchev–Trinajstić information content (AvgIpc) is 2.78.